The van der Waals surface area contributed by atoms with Crippen LogP contribution in [-0.2, 0) is 6.54 Å². The number of H-pyrrole nitrogens is 1. The number of carboxylic acids is 1. The Morgan fingerprint density at radius 2 is 2.30 bits per heavy atom. The average Bonchev–Trinajstić information content (AvgIpc) is 2.94. The minimum atomic E-state index is -1.01. The molecule has 0 spiro atoms. The van der Waals surface area contributed by atoms with Crippen molar-refractivity contribution in [2.24, 2.45) is 5.92 Å². The highest BCUT2D eigenvalue weighted by Crippen LogP contribution is 2.21. The van der Waals surface area contributed by atoms with Crippen LogP contribution in [0.15, 0.2) is 23.0 Å². The fraction of sp³-hybridized carbons (Fsp3) is 0.429. The minimum Gasteiger partial charge on any atom is -0.478 e. The molecule has 6 heteroatoms. The van der Waals surface area contributed by atoms with Gasteiger partial charge in [-0.25, -0.2) is 9.59 Å². The van der Waals surface area contributed by atoms with Crippen LogP contribution in [0.4, 0.5) is 0 Å². The van der Waals surface area contributed by atoms with Gasteiger partial charge in [0.05, 0.1) is 16.6 Å². The van der Waals surface area contributed by atoms with Crippen molar-refractivity contribution in [3.8, 4) is 0 Å². The van der Waals surface area contributed by atoms with Crippen LogP contribution < -0.4 is 5.69 Å². The second-order valence-electron chi connectivity index (χ2n) is 5.46. The van der Waals surface area contributed by atoms with E-state index in [0.29, 0.717) is 23.5 Å². The molecule has 1 aromatic heterocycles. The largest absolute Gasteiger partial charge is 0.478 e. The van der Waals surface area contributed by atoms with E-state index in [-0.39, 0.29) is 11.3 Å². The maximum Gasteiger partial charge on any atom is 0.337 e. The van der Waals surface area contributed by atoms with Gasteiger partial charge in [0.15, 0.2) is 0 Å². The summed E-state index contributed by atoms with van der Waals surface area (Å²) in [5, 5.41) is 9.28. The third-order valence-corrected chi connectivity index (χ3v) is 3.95. The highest BCUT2D eigenvalue weighted by Gasteiger charge is 2.23. The van der Waals surface area contributed by atoms with E-state index in [4.69, 9.17) is 0 Å². The van der Waals surface area contributed by atoms with Crippen LogP contribution in [0.25, 0.3) is 11.0 Å². The number of likely N-dealkylation sites (tertiary alicyclic amines) is 1. The lowest BCUT2D eigenvalue weighted by molar-refractivity contribution is 0.0698. The lowest BCUT2D eigenvalue weighted by Crippen LogP contribution is -2.24. The molecule has 20 heavy (non-hydrogen) atoms. The van der Waals surface area contributed by atoms with Gasteiger partial charge in [-0.2, -0.15) is 0 Å². The van der Waals surface area contributed by atoms with Crippen LogP contribution in [0, 0.1) is 5.92 Å². The first-order valence-corrected chi connectivity index (χ1v) is 6.69. The van der Waals surface area contributed by atoms with Crippen LogP contribution in [0.5, 0.6) is 0 Å². The summed E-state index contributed by atoms with van der Waals surface area (Å²) < 4.78 is 1.57. The first-order chi connectivity index (χ1) is 9.56. The van der Waals surface area contributed by atoms with Crippen molar-refractivity contribution in [1.29, 1.82) is 0 Å². The summed E-state index contributed by atoms with van der Waals surface area (Å²) in [6.45, 7) is 2.52. The SMILES string of the molecule is CN1CCC(Cn2c(=O)[nH]c3cccc(C(=O)O)c32)C1. The maximum absolute atomic E-state index is 12.1. The Kier molecular flexibility index (Phi) is 3.10. The molecular weight excluding hydrogens is 258 g/mol. The van der Waals surface area contributed by atoms with E-state index < -0.39 is 5.97 Å². The van der Waals surface area contributed by atoms with Crippen molar-refractivity contribution >= 4 is 17.0 Å². The van der Waals surface area contributed by atoms with Gasteiger partial charge in [0.2, 0.25) is 0 Å². The first-order valence-electron chi connectivity index (χ1n) is 6.69. The highest BCUT2D eigenvalue weighted by molar-refractivity contribution is 6.01. The standard InChI is InChI=1S/C14H17N3O3/c1-16-6-5-9(7-16)8-17-12-10(13(18)19)3-2-4-11(12)15-14(17)20/h2-4,9H,5-8H2,1H3,(H,15,20)(H,18,19). The molecule has 0 bridgehead atoms. The Morgan fingerprint density at radius 1 is 1.50 bits per heavy atom. The van der Waals surface area contributed by atoms with Crippen molar-refractivity contribution in [1.82, 2.24) is 14.5 Å². The molecule has 6 nitrogen and oxygen atoms in total. The van der Waals surface area contributed by atoms with E-state index in [9.17, 15) is 14.7 Å². The summed E-state index contributed by atoms with van der Waals surface area (Å²) in [5.41, 5.74) is 1.02. The van der Waals surface area contributed by atoms with Gasteiger partial charge in [0.25, 0.3) is 0 Å². The zero-order valence-corrected chi connectivity index (χ0v) is 11.3. The predicted octanol–water partition coefficient (Wildman–Crippen LogP) is 0.979. The van der Waals surface area contributed by atoms with E-state index in [1.54, 1.807) is 16.7 Å². The normalized spacial score (nSPS) is 19.8. The van der Waals surface area contributed by atoms with E-state index >= 15 is 0 Å². The van der Waals surface area contributed by atoms with Gasteiger partial charge in [0, 0.05) is 13.1 Å². The maximum atomic E-state index is 12.1. The van der Waals surface area contributed by atoms with E-state index in [1.165, 1.54) is 6.07 Å². The fourth-order valence-electron chi connectivity index (χ4n) is 3.00. The molecule has 1 aliphatic heterocycles. The van der Waals surface area contributed by atoms with Gasteiger partial charge in [-0.15, -0.1) is 0 Å². The summed E-state index contributed by atoms with van der Waals surface area (Å²) in [5.74, 6) is -0.620. The van der Waals surface area contributed by atoms with Crippen molar-refractivity contribution < 1.29 is 9.90 Å². The summed E-state index contributed by atoms with van der Waals surface area (Å²) in [6, 6.07) is 4.92. The smallest absolute Gasteiger partial charge is 0.337 e. The summed E-state index contributed by atoms with van der Waals surface area (Å²) in [4.78, 5) is 28.4. The van der Waals surface area contributed by atoms with Gasteiger partial charge in [-0.1, -0.05) is 6.07 Å². The molecule has 2 heterocycles. The van der Waals surface area contributed by atoms with Gasteiger partial charge in [0.1, 0.15) is 0 Å². The number of fused-ring (bicyclic) bond motifs is 1. The van der Waals surface area contributed by atoms with Crippen molar-refractivity contribution in [3.63, 3.8) is 0 Å². The first kappa shape index (κ1) is 12.9. The molecule has 0 amide bonds. The number of rotatable bonds is 3. The number of imidazole rings is 1. The summed E-state index contributed by atoms with van der Waals surface area (Å²) >= 11 is 0. The molecule has 2 N–H and O–H groups in total. The molecule has 3 rings (SSSR count). The molecule has 1 unspecified atom stereocenters. The highest BCUT2D eigenvalue weighted by atomic mass is 16.4. The van der Waals surface area contributed by atoms with E-state index in [2.05, 4.69) is 16.9 Å². The topological polar surface area (TPSA) is 78.3 Å². The van der Waals surface area contributed by atoms with Gasteiger partial charge in [-0.05, 0) is 38.1 Å². The fourth-order valence-corrected chi connectivity index (χ4v) is 3.00. The van der Waals surface area contributed by atoms with E-state index in [0.717, 1.165) is 19.5 Å². The molecule has 0 aliphatic carbocycles. The Balaban J connectivity index is 2.07. The van der Waals surface area contributed by atoms with E-state index in [1.807, 2.05) is 0 Å². The number of hydrogen-bond donors (Lipinski definition) is 2. The van der Waals surface area contributed by atoms with Crippen LogP contribution in [0.2, 0.25) is 0 Å². The second kappa shape index (κ2) is 4.79. The average molecular weight is 275 g/mol. The number of aromatic carboxylic acids is 1. The zero-order valence-electron chi connectivity index (χ0n) is 11.3. The zero-order chi connectivity index (χ0) is 14.3. The molecule has 1 fully saturated rings. The van der Waals surface area contributed by atoms with Crippen LogP contribution in [0.1, 0.15) is 16.8 Å². The lowest BCUT2D eigenvalue weighted by Gasteiger charge is -2.12. The monoisotopic (exact) mass is 275 g/mol. The third-order valence-electron chi connectivity index (χ3n) is 3.95. The molecule has 2 aromatic rings. The van der Waals surface area contributed by atoms with Crippen LogP contribution in [-0.4, -0.2) is 45.7 Å². The molecular formula is C14H17N3O3. The predicted molar refractivity (Wildman–Crippen MR) is 75.1 cm³/mol. The number of benzene rings is 1. The number of aromatic nitrogens is 2. The third kappa shape index (κ3) is 2.12. The van der Waals surface area contributed by atoms with Gasteiger partial charge >= 0.3 is 11.7 Å². The molecule has 1 saturated heterocycles. The molecule has 0 saturated carbocycles. The molecule has 1 aliphatic rings. The molecule has 1 aromatic carbocycles. The van der Waals surface area contributed by atoms with Crippen LogP contribution >= 0.6 is 0 Å². The molecule has 1 atom stereocenters. The Bertz CT molecular complexity index is 716. The van der Waals surface area contributed by atoms with Gasteiger partial charge < -0.3 is 15.0 Å². The van der Waals surface area contributed by atoms with Crippen LogP contribution in [0.3, 0.4) is 0 Å². The molecule has 106 valence electrons. The number of aromatic amines is 1. The number of para-hydroxylation sites is 1. The Labute approximate surface area is 115 Å². The van der Waals surface area contributed by atoms with Crippen molar-refractivity contribution in [2.45, 2.75) is 13.0 Å². The van der Waals surface area contributed by atoms with Crippen molar-refractivity contribution in [3.05, 3.63) is 34.2 Å². The lowest BCUT2D eigenvalue weighted by atomic mass is 10.1. The minimum absolute atomic E-state index is 0.173. The summed E-state index contributed by atoms with van der Waals surface area (Å²) in [7, 11) is 2.06. The van der Waals surface area contributed by atoms with Crippen molar-refractivity contribution in [2.75, 3.05) is 20.1 Å². The number of hydrogen-bond acceptors (Lipinski definition) is 3. The quantitative estimate of drug-likeness (QED) is 0.875. The summed E-state index contributed by atoms with van der Waals surface area (Å²) in [6.07, 6.45) is 1.03. The number of carbonyl (C=O) groups is 1. The number of nitrogens with zero attached hydrogens (tertiary/aromatic N) is 2. The molecule has 0 radical (unpaired) electrons. The number of nitrogens with one attached hydrogen (secondary N) is 1. The van der Waals surface area contributed by atoms with Gasteiger partial charge in [-0.3, -0.25) is 4.57 Å². The number of carboxylic acid groups (broad SMARTS) is 1. The Hall–Kier alpha value is -2.08. The second-order valence-corrected chi connectivity index (χ2v) is 5.46. The Morgan fingerprint density at radius 3 is 2.95 bits per heavy atom.